The van der Waals surface area contributed by atoms with Crippen molar-refractivity contribution in [2.24, 2.45) is 0 Å². The van der Waals surface area contributed by atoms with Gasteiger partial charge in [0.1, 0.15) is 10.8 Å². The lowest BCUT2D eigenvalue weighted by Crippen LogP contribution is -2.35. The SMILES string of the molecule is O=C(Nc1ccc(Cl)cc1Cl)c1nn2c(c1Cl)NC(c1cccs1)CC2C(F)(F)F. The van der Waals surface area contributed by atoms with Gasteiger partial charge in [0, 0.05) is 16.3 Å². The molecule has 30 heavy (non-hydrogen) atoms. The van der Waals surface area contributed by atoms with Crippen LogP contribution in [0.15, 0.2) is 35.7 Å². The number of thiophene rings is 1. The number of fused-ring (bicyclic) bond motifs is 1. The van der Waals surface area contributed by atoms with Crippen LogP contribution in [0, 0.1) is 0 Å². The highest BCUT2D eigenvalue weighted by Gasteiger charge is 2.48. The first-order valence-electron chi connectivity index (χ1n) is 8.56. The predicted octanol–water partition coefficient (Wildman–Crippen LogP) is 6.82. The van der Waals surface area contributed by atoms with Crippen LogP contribution >= 0.6 is 46.1 Å². The van der Waals surface area contributed by atoms with Gasteiger partial charge in [-0.05, 0) is 29.6 Å². The molecular weight excluding hydrogens is 484 g/mol. The molecule has 0 aliphatic carbocycles. The molecule has 2 N–H and O–H groups in total. The zero-order chi connectivity index (χ0) is 21.6. The van der Waals surface area contributed by atoms with Crippen molar-refractivity contribution in [1.82, 2.24) is 9.78 Å². The summed E-state index contributed by atoms with van der Waals surface area (Å²) in [4.78, 5) is 13.4. The minimum absolute atomic E-state index is 0.0593. The van der Waals surface area contributed by atoms with Gasteiger partial charge in [0.25, 0.3) is 5.91 Å². The van der Waals surface area contributed by atoms with E-state index >= 15 is 0 Å². The summed E-state index contributed by atoms with van der Waals surface area (Å²) in [5.74, 6) is -0.850. The maximum atomic E-state index is 13.8. The Hall–Kier alpha value is -1.94. The third-order valence-corrected chi connectivity index (χ3v) is 6.47. The molecule has 158 valence electrons. The van der Waals surface area contributed by atoms with Gasteiger partial charge in [-0.3, -0.25) is 4.79 Å². The largest absolute Gasteiger partial charge is 0.410 e. The topological polar surface area (TPSA) is 59.0 Å². The zero-order valence-electron chi connectivity index (χ0n) is 14.8. The summed E-state index contributed by atoms with van der Waals surface area (Å²) in [5.41, 5.74) is -0.115. The molecule has 4 rings (SSSR count). The number of aromatic nitrogens is 2. The quantitative estimate of drug-likeness (QED) is 0.419. The maximum absolute atomic E-state index is 13.8. The summed E-state index contributed by atoms with van der Waals surface area (Å²) < 4.78 is 42.0. The Balaban J connectivity index is 1.70. The fourth-order valence-corrected chi connectivity index (χ4v) is 4.69. The molecule has 12 heteroatoms. The Bertz CT molecular complexity index is 1100. The molecule has 2 unspecified atom stereocenters. The minimum Gasteiger partial charge on any atom is -0.361 e. The monoisotopic (exact) mass is 494 g/mol. The van der Waals surface area contributed by atoms with E-state index in [9.17, 15) is 18.0 Å². The van der Waals surface area contributed by atoms with Crippen molar-refractivity contribution >= 4 is 63.6 Å². The van der Waals surface area contributed by atoms with Gasteiger partial charge in [-0.2, -0.15) is 18.3 Å². The Labute approximate surface area is 187 Å². The van der Waals surface area contributed by atoms with E-state index in [1.54, 1.807) is 17.5 Å². The van der Waals surface area contributed by atoms with Crippen LogP contribution in [-0.4, -0.2) is 21.9 Å². The van der Waals surface area contributed by atoms with E-state index in [1.165, 1.54) is 29.5 Å². The molecule has 2 aromatic heterocycles. The lowest BCUT2D eigenvalue weighted by atomic mass is 10.0. The highest BCUT2D eigenvalue weighted by atomic mass is 35.5. The average molecular weight is 496 g/mol. The summed E-state index contributed by atoms with van der Waals surface area (Å²) in [6.07, 6.45) is -4.85. The number of anilines is 2. The van der Waals surface area contributed by atoms with Crippen molar-refractivity contribution in [3.8, 4) is 0 Å². The first-order valence-corrected chi connectivity index (χ1v) is 10.6. The Kier molecular flexibility index (Phi) is 5.65. The Morgan fingerprint density at radius 3 is 2.67 bits per heavy atom. The lowest BCUT2D eigenvalue weighted by molar-refractivity contribution is -0.173. The van der Waals surface area contributed by atoms with E-state index < -0.39 is 24.2 Å². The van der Waals surface area contributed by atoms with E-state index in [0.29, 0.717) is 5.02 Å². The molecule has 2 atom stereocenters. The van der Waals surface area contributed by atoms with E-state index in [4.69, 9.17) is 34.8 Å². The number of alkyl halides is 3. The van der Waals surface area contributed by atoms with E-state index in [1.807, 2.05) is 0 Å². The van der Waals surface area contributed by atoms with Crippen molar-refractivity contribution in [3.63, 3.8) is 0 Å². The summed E-state index contributed by atoms with van der Waals surface area (Å²) >= 11 is 19.5. The fourth-order valence-electron chi connectivity index (χ4n) is 3.18. The molecule has 0 bridgehead atoms. The van der Waals surface area contributed by atoms with Crippen molar-refractivity contribution in [1.29, 1.82) is 0 Å². The summed E-state index contributed by atoms with van der Waals surface area (Å²) in [6.45, 7) is 0. The molecule has 1 aliphatic rings. The number of nitrogens with zero attached hydrogens (tertiary/aromatic N) is 2. The third-order valence-electron chi connectivity index (χ3n) is 4.58. The summed E-state index contributed by atoms with van der Waals surface area (Å²) in [7, 11) is 0. The van der Waals surface area contributed by atoms with Crippen LogP contribution < -0.4 is 10.6 Å². The number of hydrogen-bond acceptors (Lipinski definition) is 4. The van der Waals surface area contributed by atoms with Crippen LogP contribution in [0.4, 0.5) is 24.7 Å². The number of benzene rings is 1. The van der Waals surface area contributed by atoms with Gasteiger partial charge in [0.15, 0.2) is 11.7 Å². The highest BCUT2D eigenvalue weighted by molar-refractivity contribution is 7.10. The number of halogens is 6. The molecule has 1 aliphatic heterocycles. The second kappa shape index (κ2) is 7.96. The van der Waals surface area contributed by atoms with E-state index in [2.05, 4.69) is 15.7 Å². The molecular formula is C18H12Cl3F3N4OS. The van der Waals surface area contributed by atoms with Gasteiger partial charge in [-0.25, -0.2) is 4.68 Å². The molecule has 0 spiro atoms. The Morgan fingerprint density at radius 2 is 2.03 bits per heavy atom. The first kappa shape index (κ1) is 21.3. The predicted molar refractivity (Wildman–Crippen MR) is 112 cm³/mol. The fraction of sp³-hybridized carbons (Fsp3) is 0.222. The molecule has 0 saturated heterocycles. The molecule has 3 heterocycles. The molecule has 0 fully saturated rings. The van der Waals surface area contributed by atoms with Crippen LogP contribution in [0.3, 0.4) is 0 Å². The average Bonchev–Trinajstić information content (AvgIpc) is 3.31. The number of rotatable bonds is 3. The minimum atomic E-state index is -4.57. The molecule has 5 nitrogen and oxygen atoms in total. The first-order chi connectivity index (χ1) is 14.1. The van der Waals surface area contributed by atoms with Crippen LogP contribution in [0.5, 0.6) is 0 Å². The number of nitrogens with one attached hydrogen (secondary N) is 2. The van der Waals surface area contributed by atoms with Crippen molar-refractivity contribution < 1.29 is 18.0 Å². The maximum Gasteiger partial charge on any atom is 0.410 e. The number of amides is 1. The third kappa shape index (κ3) is 3.99. The number of hydrogen-bond donors (Lipinski definition) is 2. The second-order valence-corrected chi connectivity index (χ2v) is 8.74. The molecule has 1 amide bonds. The van der Waals surface area contributed by atoms with Gasteiger partial charge in [0.2, 0.25) is 0 Å². The van der Waals surface area contributed by atoms with E-state index in [-0.39, 0.29) is 33.7 Å². The van der Waals surface area contributed by atoms with Gasteiger partial charge < -0.3 is 10.6 Å². The number of carbonyl (C=O) groups excluding carboxylic acids is 1. The normalized spacial score (nSPS) is 18.6. The molecule has 1 aromatic carbocycles. The van der Waals surface area contributed by atoms with Gasteiger partial charge in [-0.15, -0.1) is 11.3 Å². The van der Waals surface area contributed by atoms with Gasteiger partial charge >= 0.3 is 6.18 Å². The summed E-state index contributed by atoms with van der Waals surface area (Å²) in [5, 5.41) is 11.5. The molecule has 0 saturated carbocycles. The molecule has 3 aromatic rings. The van der Waals surface area contributed by atoms with Crippen LogP contribution in [0.25, 0.3) is 0 Å². The van der Waals surface area contributed by atoms with Gasteiger partial charge in [0.05, 0.1) is 16.8 Å². The second-order valence-electron chi connectivity index (χ2n) is 6.54. The standard InChI is InChI=1S/C18H12Cl3F3N4OS/c19-8-3-4-10(9(20)6-8)26-17(29)15-14(21)16-25-11(12-2-1-5-30-12)7-13(18(22,23)24)28(16)27-15/h1-6,11,13,25H,7H2,(H,26,29). The van der Waals surface area contributed by atoms with Crippen LogP contribution in [-0.2, 0) is 0 Å². The van der Waals surface area contributed by atoms with Crippen LogP contribution in [0.1, 0.15) is 33.9 Å². The van der Waals surface area contributed by atoms with Crippen molar-refractivity contribution in [2.75, 3.05) is 10.6 Å². The number of carbonyl (C=O) groups is 1. The highest BCUT2D eigenvalue weighted by Crippen LogP contribution is 2.47. The lowest BCUT2D eigenvalue weighted by Gasteiger charge is -2.32. The zero-order valence-corrected chi connectivity index (χ0v) is 17.9. The smallest absolute Gasteiger partial charge is 0.361 e. The van der Waals surface area contributed by atoms with Crippen LogP contribution in [0.2, 0.25) is 15.1 Å². The van der Waals surface area contributed by atoms with E-state index in [0.717, 1.165) is 9.56 Å². The van der Waals surface area contributed by atoms with Crippen molar-refractivity contribution in [3.05, 3.63) is 61.4 Å². The van der Waals surface area contributed by atoms with Crippen molar-refractivity contribution in [2.45, 2.75) is 24.7 Å². The molecule has 0 radical (unpaired) electrons. The van der Waals surface area contributed by atoms with Gasteiger partial charge in [-0.1, -0.05) is 40.9 Å². The Morgan fingerprint density at radius 1 is 1.27 bits per heavy atom. The summed E-state index contributed by atoms with van der Waals surface area (Å²) in [6, 6.07) is 5.36.